The molecule has 0 saturated heterocycles. The third-order valence-corrected chi connectivity index (χ3v) is 18.1. The second kappa shape index (κ2) is 14.0. The molecule has 348 valence electrons. The monoisotopic (exact) mass is 937 g/mol. The molecule has 14 rings (SSSR count). The van der Waals surface area contributed by atoms with E-state index >= 15 is 0 Å². The van der Waals surface area contributed by atoms with Gasteiger partial charge in [-0.05, 0) is 143 Å². The van der Waals surface area contributed by atoms with Crippen molar-refractivity contribution < 1.29 is 0 Å². The van der Waals surface area contributed by atoms with Crippen molar-refractivity contribution in [2.24, 2.45) is 7.05 Å². The summed E-state index contributed by atoms with van der Waals surface area (Å²) in [6, 6.07) is 57.2. The molecule has 0 bridgehead atoms. The fraction of sp³-hybridized carbons (Fsp3) is 0.242. The lowest BCUT2D eigenvalue weighted by atomic mass is 9.43. The Bertz CT molecular complexity index is 4140. The standard InChI is InChI=1S/C66H60BN3S/c1-63(2,3)39-22-26-42(27-23-39)70-53-36-56-45(44-32-41(65(7,8)9)25-29-55(44)71-56)34-47(53)58-57-43-20-16-17-21-48(43)66(10,11)60(57)59-46-33-40(64(4,5)6)24-28-50(46)69-54-35-52-38(30-49(54)67(70)61(58)62(59)69)31-51(68(52)12)37-18-14-13-15-19-37/h13-36H,1-12H3. The van der Waals surface area contributed by atoms with Gasteiger partial charge in [-0.1, -0.05) is 161 Å². The molecule has 2 aliphatic heterocycles. The highest BCUT2D eigenvalue weighted by atomic mass is 32.1. The molecule has 3 nitrogen and oxygen atoms in total. The molecule has 0 N–H and O–H groups in total. The lowest BCUT2D eigenvalue weighted by Crippen LogP contribution is -2.60. The molecule has 0 atom stereocenters. The summed E-state index contributed by atoms with van der Waals surface area (Å²) in [6.45, 7) is 25.9. The van der Waals surface area contributed by atoms with Gasteiger partial charge >= 0.3 is 6.85 Å². The Hall–Kier alpha value is -6.82. The second-order valence-electron chi connectivity index (χ2n) is 24.7. The SMILES string of the molecule is Cn1c(-c2ccccc2)cc2cc3c(cc21)-n1c2ccc(C(C)(C)C)cc2c2c4c(c5c(c21)B3N(c1ccc(C(C)(C)C)cc1)c1cc2sc3ccc(C(C)(C)C)cc3c2cc1-5)-c1ccccc1C4(C)C. The summed E-state index contributed by atoms with van der Waals surface area (Å²) in [4.78, 5) is 2.75. The van der Waals surface area contributed by atoms with Crippen LogP contribution in [0.25, 0.3) is 92.1 Å². The van der Waals surface area contributed by atoms with Crippen molar-refractivity contribution in [2.75, 3.05) is 4.81 Å². The quantitative estimate of drug-likeness (QED) is 0.157. The third kappa shape index (κ3) is 5.79. The van der Waals surface area contributed by atoms with Crippen molar-refractivity contribution >= 4 is 93.4 Å². The maximum absolute atomic E-state index is 2.75. The average molecular weight is 938 g/mol. The first-order valence-corrected chi connectivity index (χ1v) is 26.5. The summed E-state index contributed by atoms with van der Waals surface area (Å²) >= 11 is 1.94. The zero-order valence-electron chi connectivity index (χ0n) is 43.2. The van der Waals surface area contributed by atoms with Crippen molar-refractivity contribution in [1.82, 2.24) is 9.13 Å². The maximum atomic E-state index is 2.75. The number of aromatic nitrogens is 2. The molecule has 0 unspecified atom stereocenters. The second-order valence-corrected chi connectivity index (χ2v) is 25.8. The third-order valence-electron chi connectivity index (χ3n) is 16.9. The zero-order chi connectivity index (χ0) is 49.0. The van der Waals surface area contributed by atoms with Crippen molar-refractivity contribution in [3.05, 3.63) is 173 Å². The molecule has 0 fully saturated rings. The Labute approximate surface area is 422 Å². The lowest BCUT2D eigenvalue weighted by molar-refractivity contribution is 0.590. The Morgan fingerprint density at radius 2 is 1.18 bits per heavy atom. The fourth-order valence-electron chi connectivity index (χ4n) is 13.2. The van der Waals surface area contributed by atoms with E-state index in [1.807, 2.05) is 11.3 Å². The molecule has 3 aromatic heterocycles. The highest BCUT2D eigenvalue weighted by molar-refractivity contribution is 7.25. The first-order valence-electron chi connectivity index (χ1n) is 25.7. The minimum Gasteiger partial charge on any atom is -0.376 e. The zero-order valence-corrected chi connectivity index (χ0v) is 44.0. The van der Waals surface area contributed by atoms with Gasteiger partial charge in [0.15, 0.2) is 0 Å². The largest absolute Gasteiger partial charge is 0.376 e. The van der Waals surface area contributed by atoms with Gasteiger partial charge in [0, 0.05) is 71.7 Å². The molecule has 0 amide bonds. The van der Waals surface area contributed by atoms with Crippen molar-refractivity contribution in [2.45, 2.75) is 97.8 Å². The smallest absolute Gasteiger partial charge is 0.333 e. The van der Waals surface area contributed by atoms with E-state index < -0.39 is 0 Å². The Balaban J connectivity index is 1.21. The Morgan fingerprint density at radius 3 is 1.90 bits per heavy atom. The predicted molar refractivity (Wildman–Crippen MR) is 308 cm³/mol. The summed E-state index contributed by atoms with van der Waals surface area (Å²) in [5.41, 5.74) is 25.0. The van der Waals surface area contributed by atoms with Gasteiger partial charge in [-0.2, -0.15) is 0 Å². The molecular formula is C66H60BN3S. The molecule has 11 aromatic rings. The van der Waals surface area contributed by atoms with E-state index in [1.54, 1.807) is 0 Å². The van der Waals surface area contributed by atoms with Gasteiger partial charge in [0.2, 0.25) is 0 Å². The van der Waals surface area contributed by atoms with E-state index in [4.69, 9.17) is 0 Å². The van der Waals surface area contributed by atoms with E-state index in [9.17, 15) is 0 Å². The number of hydrogen-bond acceptors (Lipinski definition) is 2. The van der Waals surface area contributed by atoms with Gasteiger partial charge in [-0.15, -0.1) is 11.3 Å². The van der Waals surface area contributed by atoms with Crippen molar-refractivity contribution in [3.8, 4) is 39.2 Å². The summed E-state index contributed by atoms with van der Waals surface area (Å²) in [5, 5.41) is 6.70. The number of fused-ring (bicyclic) bond motifs is 17. The van der Waals surface area contributed by atoms with Crippen LogP contribution in [0.1, 0.15) is 104 Å². The number of rotatable bonds is 2. The summed E-state index contributed by atoms with van der Waals surface area (Å²) < 4.78 is 7.78. The summed E-state index contributed by atoms with van der Waals surface area (Å²) in [6.07, 6.45) is 0. The van der Waals surface area contributed by atoms with Gasteiger partial charge in [-0.25, -0.2) is 0 Å². The van der Waals surface area contributed by atoms with Crippen LogP contribution in [-0.2, 0) is 28.7 Å². The molecule has 0 radical (unpaired) electrons. The minimum atomic E-state index is -0.263. The topological polar surface area (TPSA) is 13.1 Å². The number of hydrogen-bond donors (Lipinski definition) is 0. The number of benzene rings is 8. The molecule has 5 heterocycles. The first-order chi connectivity index (χ1) is 33.8. The lowest BCUT2D eigenvalue weighted by Gasteiger charge is -2.43. The number of thiophene rings is 1. The summed E-state index contributed by atoms with van der Waals surface area (Å²) in [7, 11) is 2.25. The van der Waals surface area contributed by atoms with E-state index in [0.717, 1.165) is 0 Å². The first kappa shape index (κ1) is 43.0. The molecule has 1 aliphatic carbocycles. The summed E-state index contributed by atoms with van der Waals surface area (Å²) in [5.74, 6) is 0. The van der Waals surface area contributed by atoms with E-state index in [2.05, 4.69) is 243 Å². The molecule has 8 aromatic carbocycles. The van der Waals surface area contributed by atoms with E-state index in [0.29, 0.717) is 0 Å². The van der Waals surface area contributed by atoms with Crippen molar-refractivity contribution in [1.29, 1.82) is 0 Å². The van der Waals surface area contributed by atoms with Crippen LogP contribution >= 0.6 is 11.3 Å². The van der Waals surface area contributed by atoms with Gasteiger partial charge in [0.05, 0.1) is 16.6 Å². The molecule has 71 heavy (non-hydrogen) atoms. The highest BCUT2D eigenvalue weighted by Crippen LogP contribution is 2.60. The van der Waals surface area contributed by atoms with Crippen LogP contribution in [-0.4, -0.2) is 16.0 Å². The van der Waals surface area contributed by atoms with Gasteiger partial charge in [0.25, 0.3) is 0 Å². The van der Waals surface area contributed by atoms with Crippen LogP contribution in [0.3, 0.4) is 0 Å². The average Bonchev–Trinajstić information content (AvgIpc) is 4.04. The van der Waals surface area contributed by atoms with Crippen LogP contribution in [0.15, 0.2) is 146 Å². The molecule has 0 spiro atoms. The van der Waals surface area contributed by atoms with Gasteiger partial charge < -0.3 is 13.9 Å². The number of aryl methyl sites for hydroxylation is 1. The highest BCUT2D eigenvalue weighted by Gasteiger charge is 2.50. The fourth-order valence-corrected chi connectivity index (χ4v) is 14.3. The van der Waals surface area contributed by atoms with Crippen LogP contribution in [0.2, 0.25) is 0 Å². The molecular weight excluding hydrogens is 878 g/mol. The van der Waals surface area contributed by atoms with Crippen LogP contribution in [0.4, 0.5) is 11.4 Å². The predicted octanol–water partition coefficient (Wildman–Crippen LogP) is 16.7. The number of nitrogens with zero attached hydrogens (tertiary/aromatic N) is 3. The molecule has 0 saturated carbocycles. The van der Waals surface area contributed by atoms with E-state index in [-0.39, 0.29) is 28.5 Å². The Morgan fingerprint density at radius 1 is 0.535 bits per heavy atom. The van der Waals surface area contributed by atoms with Gasteiger partial charge in [0.1, 0.15) is 0 Å². The van der Waals surface area contributed by atoms with Gasteiger partial charge in [-0.3, -0.25) is 0 Å². The van der Waals surface area contributed by atoms with E-state index in [1.165, 1.54) is 142 Å². The maximum Gasteiger partial charge on any atom is 0.333 e. The molecule has 3 aliphatic rings. The molecule has 5 heteroatoms. The van der Waals surface area contributed by atoms with Crippen LogP contribution < -0.4 is 15.7 Å². The van der Waals surface area contributed by atoms with Crippen LogP contribution in [0.5, 0.6) is 0 Å². The van der Waals surface area contributed by atoms with Crippen molar-refractivity contribution in [3.63, 3.8) is 0 Å². The Kier molecular flexibility index (Phi) is 8.47. The number of anilines is 2. The van der Waals surface area contributed by atoms with Crippen LogP contribution in [0, 0.1) is 0 Å². The normalized spacial score (nSPS) is 14.8. The minimum absolute atomic E-state index is 0.0205.